The average molecular weight is 948 g/mol. The van der Waals surface area contributed by atoms with Gasteiger partial charge in [0.25, 0.3) is 11.8 Å². The van der Waals surface area contributed by atoms with Crippen molar-refractivity contribution < 1.29 is 38.6 Å². The van der Waals surface area contributed by atoms with E-state index in [1.54, 1.807) is 44.2 Å². The molecule has 6 rings (SSSR count). The molecule has 0 aliphatic heterocycles. The summed E-state index contributed by atoms with van der Waals surface area (Å²) in [5.74, 6) is -3.76. The molecule has 16 nitrogen and oxygen atoms in total. The standard InChI is InChI=1S/C54H60N8O8/c1-5-19-45(49(51(66)56-32-36(4)63)60-61-53(68)58-48(37-20-9-6-10-21-37)38-22-11-7-12-23-38)57-46(64)33-62(31-30-55-50(65)39-24-13-8-14-25-39)52(67)47(35(2)3)59-54(69)70-34-44-42-28-17-15-26-40(42)41-27-16-18-29-43(41)44/h6-18,20-29,35,44-45,47-48H,5,19,30-34H2,1-4H3,(H,55,65)(H,56,66)(H,57,64)(H,59,69)(H2,58,61,68)/p-1. The Kier molecular flexibility index (Phi) is 18.5. The van der Waals surface area contributed by atoms with E-state index in [2.05, 4.69) is 36.8 Å². The molecule has 1 aliphatic carbocycles. The summed E-state index contributed by atoms with van der Waals surface area (Å²) >= 11 is 0. The zero-order chi connectivity index (χ0) is 50.0. The fraction of sp³-hybridized carbons (Fsp3) is 0.296. The van der Waals surface area contributed by atoms with Crippen molar-refractivity contribution in [3.8, 4) is 11.1 Å². The molecule has 364 valence electrons. The largest absolute Gasteiger partial charge is 0.599 e. The molecule has 5 aromatic carbocycles. The molecule has 2 atom stereocenters. The Bertz CT molecular complexity index is 2580. The highest BCUT2D eigenvalue weighted by Gasteiger charge is 2.32. The van der Waals surface area contributed by atoms with Crippen LogP contribution in [-0.4, -0.2) is 97.0 Å². The van der Waals surface area contributed by atoms with Gasteiger partial charge in [-0.3, -0.25) is 29.0 Å². The Morgan fingerprint density at radius 1 is 0.729 bits per heavy atom. The first-order valence-electron chi connectivity index (χ1n) is 23.3. The normalized spacial score (nSPS) is 13.1. The van der Waals surface area contributed by atoms with Crippen LogP contribution >= 0.6 is 0 Å². The number of hydrogen-bond donors (Lipinski definition) is 5. The quantitative estimate of drug-likeness (QED) is 0.0350. The fourth-order valence-electron chi connectivity index (χ4n) is 8.17. The van der Waals surface area contributed by atoms with Crippen LogP contribution in [0.4, 0.5) is 4.79 Å². The van der Waals surface area contributed by atoms with E-state index in [4.69, 9.17) is 4.74 Å². The maximum atomic E-state index is 14.5. The maximum absolute atomic E-state index is 14.5. The van der Waals surface area contributed by atoms with Gasteiger partial charge in [0.05, 0.1) is 25.2 Å². The van der Waals surface area contributed by atoms with E-state index in [-0.39, 0.29) is 50.1 Å². The molecule has 16 heteroatoms. The van der Waals surface area contributed by atoms with Gasteiger partial charge in [-0.1, -0.05) is 155 Å². The highest BCUT2D eigenvalue weighted by molar-refractivity contribution is 6.41. The van der Waals surface area contributed by atoms with Crippen LogP contribution in [0.2, 0.25) is 0 Å². The number of hydrazone groups is 1. The first kappa shape index (κ1) is 51.3. The predicted molar refractivity (Wildman–Crippen MR) is 265 cm³/mol. The fourth-order valence-corrected chi connectivity index (χ4v) is 8.17. The van der Waals surface area contributed by atoms with E-state index in [9.17, 15) is 33.9 Å². The van der Waals surface area contributed by atoms with Crippen LogP contribution in [0.15, 0.2) is 150 Å². The summed E-state index contributed by atoms with van der Waals surface area (Å²) < 4.78 is 5.74. The SMILES string of the molecule is CCCC(NC(=O)CN(CCNC(=O)c1ccccc1)C(=O)C(N=C([O-])OCC1c2ccccc2-c2ccccc21)C(C)C)C(=NNC(=O)NC(c1ccccc1)c1ccccc1)C(=O)NCC(C)=O. The summed E-state index contributed by atoms with van der Waals surface area (Å²) in [6.45, 7) is 5.33. The molecule has 2 unspecified atom stereocenters. The van der Waals surface area contributed by atoms with Gasteiger partial charge in [0.15, 0.2) is 0 Å². The second kappa shape index (κ2) is 25.3. The number of rotatable bonds is 22. The number of Topliss-reactive ketones (excluding diaryl/α,β-unsaturated/α-hetero) is 1. The summed E-state index contributed by atoms with van der Waals surface area (Å²) in [4.78, 5) is 86.3. The van der Waals surface area contributed by atoms with Crippen molar-refractivity contribution in [2.24, 2.45) is 16.0 Å². The van der Waals surface area contributed by atoms with Crippen LogP contribution in [0.3, 0.4) is 0 Å². The van der Waals surface area contributed by atoms with Gasteiger partial charge >= 0.3 is 6.03 Å². The summed E-state index contributed by atoms with van der Waals surface area (Å²) in [5, 5.41) is 28.7. The summed E-state index contributed by atoms with van der Waals surface area (Å²) in [5.41, 5.74) is 8.17. The van der Waals surface area contributed by atoms with E-state index in [0.29, 0.717) is 12.0 Å². The van der Waals surface area contributed by atoms with Gasteiger partial charge in [-0.15, -0.1) is 0 Å². The van der Waals surface area contributed by atoms with Crippen molar-refractivity contribution in [2.75, 3.05) is 32.8 Å². The minimum absolute atomic E-state index is 0.0210. The van der Waals surface area contributed by atoms with E-state index in [0.717, 1.165) is 33.4 Å². The first-order chi connectivity index (χ1) is 33.8. The number of benzene rings is 5. The summed E-state index contributed by atoms with van der Waals surface area (Å²) in [7, 11) is 0. The molecule has 1 aliphatic rings. The lowest BCUT2D eigenvalue weighted by Crippen LogP contribution is -2.53. The van der Waals surface area contributed by atoms with Gasteiger partial charge in [0.2, 0.25) is 11.8 Å². The van der Waals surface area contributed by atoms with E-state index in [1.807, 2.05) is 116 Å². The number of carbonyl (C=O) groups excluding carboxylic acids is 6. The van der Waals surface area contributed by atoms with Gasteiger partial charge in [0.1, 0.15) is 23.6 Å². The van der Waals surface area contributed by atoms with Crippen molar-refractivity contribution in [1.82, 2.24) is 31.6 Å². The molecule has 0 spiro atoms. The number of nitrogens with zero attached hydrogens (tertiary/aromatic N) is 3. The number of carbonyl (C=O) groups is 6. The van der Waals surface area contributed by atoms with Crippen LogP contribution in [0.25, 0.3) is 11.1 Å². The van der Waals surface area contributed by atoms with Crippen molar-refractivity contribution in [3.63, 3.8) is 0 Å². The zero-order valence-electron chi connectivity index (χ0n) is 39.7. The van der Waals surface area contributed by atoms with Gasteiger partial charge in [0, 0.05) is 31.2 Å². The smallest absolute Gasteiger partial charge is 0.335 e. The minimum Gasteiger partial charge on any atom is -0.599 e. The first-order valence-corrected chi connectivity index (χ1v) is 23.3. The van der Waals surface area contributed by atoms with Crippen molar-refractivity contribution >= 4 is 47.2 Å². The Morgan fingerprint density at radius 2 is 1.29 bits per heavy atom. The van der Waals surface area contributed by atoms with Gasteiger partial charge in [-0.05, 0) is 64.8 Å². The topological polar surface area (TPSA) is 223 Å². The molecule has 0 aromatic heterocycles. The second-order valence-corrected chi connectivity index (χ2v) is 17.1. The highest BCUT2D eigenvalue weighted by atomic mass is 16.6. The Hall–Kier alpha value is -8.14. The maximum Gasteiger partial charge on any atom is 0.335 e. The number of hydrogen-bond acceptors (Lipinski definition) is 10. The molecule has 6 amide bonds. The molecule has 5 N–H and O–H groups in total. The molecular weight excluding hydrogens is 889 g/mol. The van der Waals surface area contributed by atoms with Crippen molar-refractivity contribution in [1.29, 1.82) is 0 Å². The summed E-state index contributed by atoms with van der Waals surface area (Å²) in [6.07, 6.45) is -0.361. The molecule has 0 heterocycles. The van der Waals surface area contributed by atoms with Crippen LogP contribution in [0.5, 0.6) is 0 Å². The molecule has 0 saturated carbocycles. The van der Waals surface area contributed by atoms with Crippen molar-refractivity contribution in [3.05, 3.63) is 167 Å². The number of amides is 6. The summed E-state index contributed by atoms with van der Waals surface area (Å²) in [6, 6.07) is 39.0. The van der Waals surface area contributed by atoms with Crippen LogP contribution < -0.4 is 31.8 Å². The van der Waals surface area contributed by atoms with Gasteiger partial charge in [-0.25, -0.2) is 10.2 Å². The van der Waals surface area contributed by atoms with E-state index in [1.165, 1.54) is 11.8 Å². The second-order valence-electron chi connectivity index (χ2n) is 17.1. The van der Waals surface area contributed by atoms with Crippen LogP contribution in [0.1, 0.15) is 85.1 Å². The predicted octanol–water partition coefficient (Wildman–Crippen LogP) is 5.25. The van der Waals surface area contributed by atoms with Crippen molar-refractivity contribution in [2.45, 2.75) is 64.6 Å². The number of fused-ring (bicyclic) bond motifs is 3. The number of ketones is 1. The molecule has 0 bridgehead atoms. The van der Waals surface area contributed by atoms with Gasteiger partial charge < -0.3 is 36.0 Å². The lowest BCUT2D eigenvalue weighted by Gasteiger charge is -2.29. The highest BCUT2D eigenvalue weighted by Crippen LogP contribution is 2.44. The van der Waals surface area contributed by atoms with Gasteiger partial charge in [-0.2, -0.15) is 5.10 Å². The molecule has 5 aromatic rings. The monoisotopic (exact) mass is 947 g/mol. The molecule has 0 radical (unpaired) electrons. The van der Waals surface area contributed by atoms with Crippen LogP contribution in [-0.2, 0) is 23.9 Å². The molecule has 70 heavy (non-hydrogen) atoms. The van der Waals surface area contributed by atoms with Crippen LogP contribution in [0, 0.1) is 5.92 Å². The lowest BCUT2D eigenvalue weighted by molar-refractivity contribution is -0.251. The number of urea groups is 1. The molecule has 0 saturated heterocycles. The third-order valence-electron chi connectivity index (χ3n) is 11.6. The number of aliphatic imine (C=N–C) groups is 1. The molecular formula is C54H59N8O8-. The third kappa shape index (κ3) is 14.0. The Balaban J connectivity index is 1.22. The lowest BCUT2D eigenvalue weighted by atomic mass is 9.98. The zero-order valence-corrected chi connectivity index (χ0v) is 39.7. The molecule has 0 fully saturated rings. The van der Waals surface area contributed by atoms with E-state index >= 15 is 0 Å². The third-order valence-corrected chi connectivity index (χ3v) is 11.6. The Morgan fingerprint density at radius 3 is 1.84 bits per heavy atom. The average Bonchev–Trinajstić information content (AvgIpc) is 3.69. The van der Waals surface area contributed by atoms with E-state index < -0.39 is 66.3 Å². The minimum atomic E-state index is -1.28. The Labute approximate surface area is 408 Å². The number of ether oxygens (including phenoxy) is 1. The number of nitrogens with one attached hydrogen (secondary N) is 5.